The molecule has 0 fully saturated rings. The van der Waals surface area contributed by atoms with Crippen LogP contribution in [-0.4, -0.2) is 43.3 Å². The maximum atomic E-state index is 12.3. The average molecular weight is 387 g/mol. The van der Waals surface area contributed by atoms with Crippen molar-refractivity contribution in [2.24, 2.45) is 0 Å². The first-order chi connectivity index (χ1) is 12.5. The van der Waals surface area contributed by atoms with Crippen molar-refractivity contribution in [3.8, 4) is 10.6 Å². The lowest BCUT2D eigenvalue weighted by Gasteiger charge is -2.18. The highest BCUT2D eigenvalue weighted by Gasteiger charge is 2.26. The molecule has 0 amide bonds. The first-order valence-electron chi connectivity index (χ1n) is 8.17. The second-order valence-corrected chi connectivity index (χ2v) is 9.30. The van der Waals surface area contributed by atoms with Crippen molar-refractivity contribution in [2.75, 3.05) is 25.5 Å². The van der Waals surface area contributed by atoms with Crippen LogP contribution in [0.4, 0.5) is 11.6 Å². The molecule has 0 N–H and O–H groups in total. The van der Waals surface area contributed by atoms with Gasteiger partial charge in [-0.15, -0.1) is 11.3 Å². The number of benzene rings is 1. The van der Waals surface area contributed by atoms with Crippen molar-refractivity contribution in [1.29, 1.82) is 0 Å². The molecule has 134 valence electrons. The first kappa shape index (κ1) is 17.1. The van der Waals surface area contributed by atoms with E-state index in [1.54, 1.807) is 43.8 Å². The average Bonchev–Trinajstić information content (AvgIpc) is 3.31. The molecule has 26 heavy (non-hydrogen) atoms. The molecule has 4 rings (SSSR count). The van der Waals surface area contributed by atoms with Gasteiger partial charge in [0.1, 0.15) is 0 Å². The molecule has 0 aliphatic carbocycles. The molecule has 0 spiro atoms. The summed E-state index contributed by atoms with van der Waals surface area (Å²) in [6.07, 6.45) is 2.53. The van der Waals surface area contributed by atoms with Gasteiger partial charge in [-0.25, -0.2) is 22.7 Å². The van der Waals surface area contributed by atoms with Gasteiger partial charge < -0.3 is 4.90 Å². The van der Waals surface area contributed by atoms with Crippen LogP contribution in [0.2, 0.25) is 0 Å². The van der Waals surface area contributed by atoms with E-state index < -0.39 is 10.0 Å². The molecule has 1 aromatic carbocycles. The third-order valence-corrected chi connectivity index (χ3v) is 7.09. The SMILES string of the molecule is CN(C)S(=O)(=O)c1ccc2c(c1)CCN2c1nccc(-c2cccs2)n1. The van der Waals surface area contributed by atoms with Crippen LogP contribution < -0.4 is 4.90 Å². The Bertz CT molecular complexity index is 1050. The lowest BCUT2D eigenvalue weighted by atomic mass is 10.2. The lowest BCUT2D eigenvalue weighted by molar-refractivity contribution is 0.520. The van der Waals surface area contributed by atoms with E-state index in [0.29, 0.717) is 10.8 Å². The van der Waals surface area contributed by atoms with Gasteiger partial charge in [0, 0.05) is 32.5 Å². The highest BCUT2D eigenvalue weighted by molar-refractivity contribution is 7.89. The number of aromatic nitrogens is 2. The summed E-state index contributed by atoms with van der Waals surface area (Å²) in [6.45, 7) is 0.731. The zero-order chi connectivity index (χ0) is 18.3. The largest absolute Gasteiger partial charge is 0.310 e. The molecule has 8 heteroatoms. The van der Waals surface area contributed by atoms with Crippen LogP contribution in [-0.2, 0) is 16.4 Å². The minimum atomic E-state index is -3.43. The zero-order valence-corrected chi connectivity index (χ0v) is 16.1. The number of sulfonamides is 1. The predicted octanol–water partition coefficient (Wildman–Crippen LogP) is 3.15. The maximum absolute atomic E-state index is 12.3. The lowest BCUT2D eigenvalue weighted by Crippen LogP contribution is -2.22. The molecule has 6 nitrogen and oxygen atoms in total. The number of hydrogen-bond donors (Lipinski definition) is 0. The Labute approximate surface area is 156 Å². The molecule has 0 unspecified atom stereocenters. The molecular weight excluding hydrogens is 368 g/mol. The summed E-state index contributed by atoms with van der Waals surface area (Å²) in [5.74, 6) is 0.637. The van der Waals surface area contributed by atoms with Gasteiger partial charge in [0.15, 0.2) is 0 Å². The van der Waals surface area contributed by atoms with Crippen LogP contribution in [0.15, 0.2) is 52.9 Å². The van der Waals surface area contributed by atoms with E-state index >= 15 is 0 Å². The molecule has 1 aliphatic heterocycles. The van der Waals surface area contributed by atoms with Gasteiger partial charge >= 0.3 is 0 Å². The minimum Gasteiger partial charge on any atom is -0.310 e. The highest BCUT2D eigenvalue weighted by Crippen LogP contribution is 2.35. The van der Waals surface area contributed by atoms with Gasteiger partial charge in [-0.2, -0.15) is 0 Å². The Hall–Kier alpha value is -2.29. The van der Waals surface area contributed by atoms with Crippen LogP contribution in [0, 0.1) is 0 Å². The maximum Gasteiger partial charge on any atom is 0.242 e. The van der Waals surface area contributed by atoms with Crippen molar-refractivity contribution in [3.05, 3.63) is 53.5 Å². The van der Waals surface area contributed by atoms with E-state index in [-0.39, 0.29) is 0 Å². The van der Waals surface area contributed by atoms with Crippen LogP contribution in [0.3, 0.4) is 0 Å². The van der Waals surface area contributed by atoms with E-state index in [0.717, 1.165) is 34.8 Å². The van der Waals surface area contributed by atoms with Crippen molar-refractivity contribution >= 4 is 33.0 Å². The Morgan fingerprint density at radius 1 is 1.19 bits per heavy atom. The molecule has 0 bridgehead atoms. The Balaban J connectivity index is 1.70. The Morgan fingerprint density at radius 3 is 2.77 bits per heavy atom. The first-order valence-corrected chi connectivity index (χ1v) is 10.5. The van der Waals surface area contributed by atoms with Gasteiger partial charge in [-0.1, -0.05) is 6.07 Å². The van der Waals surface area contributed by atoms with Crippen LogP contribution >= 0.6 is 11.3 Å². The van der Waals surface area contributed by atoms with Crippen molar-refractivity contribution in [2.45, 2.75) is 11.3 Å². The van der Waals surface area contributed by atoms with Gasteiger partial charge in [0.05, 0.1) is 15.5 Å². The molecular formula is C18H18N4O2S2. The molecule has 3 heterocycles. The standard InChI is InChI=1S/C18H18N4O2S2/c1-21(2)26(23,24)14-5-6-16-13(12-14)8-10-22(16)18-19-9-7-15(20-18)17-4-3-11-25-17/h3-7,9,11-12H,8,10H2,1-2H3. The van der Waals surface area contributed by atoms with Gasteiger partial charge in [-0.05, 0) is 47.7 Å². The van der Waals surface area contributed by atoms with Crippen LogP contribution in [0.5, 0.6) is 0 Å². The topological polar surface area (TPSA) is 66.4 Å². The van der Waals surface area contributed by atoms with E-state index in [1.165, 1.54) is 4.31 Å². The number of hydrogen-bond acceptors (Lipinski definition) is 6. The number of rotatable bonds is 4. The molecule has 0 atom stereocenters. The molecule has 3 aromatic rings. The van der Waals surface area contributed by atoms with Crippen LogP contribution in [0.25, 0.3) is 10.6 Å². The van der Waals surface area contributed by atoms with Crippen LogP contribution in [0.1, 0.15) is 5.56 Å². The van der Waals surface area contributed by atoms with Gasteiger partial charge in [0.2, 0.25) is 16.0 Å². The number of anilines is 2. The number of thiophene rings is 1. The zero-order valence-electron chi connectivity index (χ0n) is 14.5. The highest BCUT2D eigenvalue weighted by atomic mass is 32.2. The second-order valence-electron chi connectivity index (χ2n) is 6.20. The summed E-state index contributed by atoms with van der Waals surface area (Å²) >= 11 is 1.64. The van der Waals surface area contributed by atoms with E-state index in [1.807, 2.05) is 34.5 Å². The molecule has 0 saturated carbocycles. The Kier molecular flexibility index (Phi) is 4.26. The summed E-state index contributed by atoms with van der Waals surface area (Å²) in [5.41, 5.74) is 2.86. The molecule has 0 saturated heterocycles. The third kappa shape index (κ3) is 2.90. The van der Waals surface area contributed by atoms with E-state index in [4.69, 9.17) is 4.98 Å². The van der Waals surface area contributed by atoms with E-state index in [9.17, 15) is 8.42 Å². The van der Waals surface area contributed by atoms with Crippen molar-refractivity contribution in [3.63, 3.8) is 0 Å². The quantitative estimate of drug-likeness (QED) is 0.689. The summed E-state index contributed by atoms with van der Waals surface area (Å²) < 4.78 is 25.9. The van der Waals surface area contributed by atoms with Gasteiger partial charge in [-0.3, -0.25) is 0 Å². The molecule has 0 radical (unpaired) electrons. The number of fused-ring (bicyclic) bond motifs is 1. The van der Waals surface area contributed by atoms with Gasteiger partial charge in [0.25, 0.3) is 0 Å². The third-order valence-electron chi connectivity index (χ3n) is 4.38. The normalized spacial score (nSPS) is 14.0. The fraction of sp³-hybridized carbons (Fsp3) is 0.222. The monoisotopic (exact) mass is 386 g/mol. The predicted molar refractivity (Wildman–Crippen MR) is 103 cm³/mol. The Morgan fingerprint density at radius 2 is 2.04 bits per heavy atom. The molecule has 1 aliphatic rings. The fourth-order valence-corrected chi connectivity index (χ4v) is 4.65. The van der Waals surface area contributed by atoms with E-state index in [2.05, 4.69) is 4.98 Å². The smallest absolute Gasteiger partial charge is 0.242 e. The second kappa shape index (κ2) is 6.46. The fourth-order valence-electron chi connectivity index (χ4n) is 3.00. The summed E-state index contributed by atoms with van der Waals surface area (Å²) in [6, 6.07) is 11.2. The van der Waals surface area contributed by atoms with Crippen molar-refractivity contribution < 1.29 is 8.42 Å². The minimum absolute atomic E-state index is 0.316. The summed E-state index contributed by atoms with van der Waals surface area (Å²) in [4.78, 5) is 12.6. The molecule has 2 aromatic heterocycles. The summed E-state index contributed by atoms with van der Waals surface area (Å²) in [7, 11) is -0.351. The summed E-state index contributed by atoms with van der Waals surface area (Å²) in [5, 5.41) is 2.02. The number of nitrogens with zero attached hydrogens (tertiary/aromatic N) is 4. The van der Waals surface area contributed by atoms with Crippen molar-refractivity contribution in [1.82, 2.24) is 14.3 Å².